The predicted octanol–water partition coefficient (Wildman–Crippen LogP) is -4.97. The van der Waals surface area contributed by atoms with Gasteiger partial charge in [0.1, 0.15) is 0 Å². The molecule has 0 aliphatic rings. The molecular formula is C10H14CuN2O8. The number of carboxylic acids is 2. The smallest absolute Gasteiger partial charge is 0.548 e. The molecule has 0 fully saturated rings. The van der Waals surface area contributed by atoms with Gasteiger partial charge in [-0.2, -0.15) is 0 Å². The molecule has 0 atom stereocenters. The zero-order valence-electron chi connectivity index (χ0n) is 10.5. The SMILES string of the molecule is NC(=O)c1cccnc1.O.O.O=C([O-])COCC(=O)[O-].[Cu+2]. The van der Waals surface area contributed by atoms with Crippen LogP contribution in [0.4, 0.5) is 0 Å². The topological polar surface area (TPSA) is 208 Å². The number of hydrogen-bond donors (Lipinski definition) is 1. The maximum Gasteiger partial charge on any atom is 2.00 e. The largest absolute Gasteiger partial charge is 2.00 e. The van der Waals surface area contributed by atoms with Crippen LogP contribution >= 0.6 is 0 Å². The Morgan fingerprint density at radius 2 is 1.62 bits per heavy atom. The quantitative estimate of drug-likeness (QED) is 0.509. The van der Waals surface area contributed by atoms with Crippen molar-refractivity contribution in [1.29, 1.82) is 0 Å². The van der Waals surface area contributed by atoms with E-state index in [0.717, 1.165) is 0 Å². The second-order valence-corrected chi connectivity index (χ2v) is 2.84. The number of pyridine rings is 1. The number of primary amides is 1. The van der Waals surface area contributed by atoms with Gasteiger partial charge < -0.3 is 41.2 Å². The number of carbonyl (C=O) groups excluding carboxylic acids is 3. The van der Waals surface area contributed by atoms with Crippen LogP contribution in [0.1, 0.15) is 10.4 Å². The van der Waals surface area contributed by atoms with Crippen LogP contribution in [0.5, 0.6) is 0 Å². The molecule has 1 aromatic heterocycles. The van der Waals surface area contributed by atoms with Crippen molar-refractivity contribution in [3.63, 3.8) is 0 Å². The third-order valence-corrected chi connectivity index (χ3v) is 1.39. The van der Waals surface area contributed by atoms with Gasteiger partial charge in [0, 0.05) is 12.4 Å². The van der Waals surface area contributed by atoms with Gasteiger partial charge in [0.05, 0.1) is 30.7 Å². The average molecular weight is 354 g/mol. The standard InChI is InChI=1S/C6H6N2O.C4H6O5.Cu.2H2O/c7-6(9)5-2-1-3-8-4-5;5-3(6)1-9-2-4(7)8;;;/h1-4H,(H2,7,9);1-2H2,(H,5,6)(H,7,8);;2*1H2/q;;+2;;/p-2. The Kier molecular flexibility index (Phi) is 20.8. The van der Waals surface area contributed by atoms with Crippen molar-refractivity contribution in [2.45, 2.75) is 0 Å². The summed E-state index contributed by atoms with van der Waals surface area (Å²) in [6, 6.07) is 3.29. The predicted molar refractivity (Wildman–Crippen MR) is 60.8 cm³/mol. The van der Waals surface area contributed by atoms with E-state index in [9.17, 15) is 24.6 Å². The van der Waals surface area contributed by atoms with E-state index in [1.807, 2.05) is 0 Å². The first-order valence-corrected chi connectivity index (χ1v) is 4.60. The van der Waals surface area contributed by atoms with Crippen molar-refractivity contribution in [3.8, 4) is 0 Å². The fourth-order valence-electron chi connectivity index (χ4n) is 0.726. The van der Waals surface area contributed by atoms with Gasteiger partial charge in [-0.15, -0.1) is 0 Å². The average Bonchev–Trinajstić information content (AvgIpc) is 2.30. The van der Waals surface area contributed by atoms with Gasteiger partial charge >= 0.3 is 17.1 Å². The Morgan fingerprint density at radius 1 is 1.14 bits per heavy atom. The van der Waals surface area contributed by atoms with Crippen LogP contribution in [0.3, 0.4) is 0 Å². The summed E-state index contributed by atoms with van der Waals surface area (Å²) < 4.78 is 4.03. The number of amides is 1. The molecule has 0 spiro atoms. The van der Waals surface area contributed by atoms with Gasteiger partial charge in [-0.1, -0.05) is 0 Å². The van der Waals surface area contributed by atoms with Crippen LogP contribution in [-0.2, 0) is 31.4 Å². The van der Waals surface area contributed by atoms with E-state index >= 15 is 0 Å². The Balaban J connectivity index is -0.000000120. The van der Waals surface area contributed by atoms with E-state index in [2.05, 4.69) is 9.72 Å². The van der Waals surface area contributed by atoms with Crippen LogP contribution in [-0.4, -0.2) is 47.0 Å². The van der Waals surface area contributed by atoms with Gasteiger partial charge in [0.15, 0.2) is 0 Å². The Morgan fingerprint density at radius 3 is 1.86 bits per heavy atom. The maximum absolute atomic E-state index is 10.4. The third kappa shape index (κ3) is 18.0. The van der Waals surface area contributed by atoms with E-state index in [1.165, 1.54) is 6.20 Å². The van der Waals surface area contributed by atoms with Crippen LogP contribution < -0.4 is 15.9 Å². The monoisotopic (exact) mass is 353 g/mol. The molecule has 6 N–H and O–H groups in total. The van der Waals surface area contributed by atoms with Crippen LogP contribution in [0.15, 0.2) is 24.5 Å². The molecule has 1 amide bonds. The third-order valence-electron chi connectivity index (χ3n) is 1.39. The van der Waals surface area contributed by atoms with Gasteiger partial charge in [0.25, 0.3) is 0 Å². The molecule has 0 saturated heterocycles. The molecule has 0 aliphatic heterocycles. The molecule has 0 aromatic carbocycles. The van der Waals surface area contributed by atoms with Crippen molar-refractivity contribution < 1.29 is 57.4 Å². The first-order valence-electron chi connectivity index (χ1n) is 4.60. The molecule has 0 saturated carbocycles. The zero-order valence-corrected chi connectivity index (χ0v) is 11.4. The fourth-order valence-corrected chi connectivity index (χ4v) is 0.726. The van der Waals surface area contributed by atoms with Crippen molar-refractivity contribution in [2.75, 3.05) is 13.2 Å². The number of rotatable bonds is 5. The Labute approximate surface area is 130 Å². The summed E-state index contributed by atoms with van der Waals surface area (Å²) in [4.78, 5) is 33.2. The summed E-state index contributed by atoms with van der Waals surface area (Å²) in [5.41, 5.74) is 5.38. The minimum Gasteiger partial charge on any atom is -0.548 e. The molecule has 0 aliphatic carbocycles. The molecule has 0 unspecified atom stereocenters. The van der Waals surface area contributed by atoms with Gasteiger partial charge in [-0.05, 0) is 12.1 Å². The number of nitrogens with zero attached hydrogens (tertiary/aromatic N) is 1. The van der Waals surface area contributed by atoms with Crippen molar-refractivity contribution >= 4 is 17.8 Å². The fraction of sp³-hybridized carbons (Fsp3) is 0.200. The first-order chi connectivity index (χ1) is 8.43. The molecular weight excluding hydrogens is 340 g/mol. The molecule has 123 valence electrons. The molecule has 1 rings (SSSR count). The Bertz CT molecular complexity index is 401. The number of nitrogens with two attached hydrogens (primary N) is 1. The number of carboxylic acid groups (broad SMARTS) is 2. The molecule has 1 heterocycles. The van der Waals surface area contributed by atoms with Crippen molar-refractivity contribution in [3.05, 3.63) is 30.1 Å². The van der Waals surface area contributed by atoms with Gasteiger partial charge in [-0.25, -0.2) is 0 Å². The van der Waals surface area contributed by atoms with Crippen molar-refractivity contribution in [2.24, 2.45) is 5.73 Å². The molecule has 1 aromatic rings. The van der Waals surface area contributed by atoms with E-state index in [-0.39, 0.29) is 28.0 Å². The minimum atomic E-state index is -1.45. The molecule has 0 bridgehead atoms. The molecule has 21 heavy (non-hydrogen) atoms. The van der Waals surface area contributed by atoms with E-state index in [1.54, 1.807) is 18.3 Å². The molecule has 11 heteroatoms. The van der Waals surface area contributed by atoms with Gasteiger partial charge in [-0.3, -0.25) is 9.78 Å². The molecule has 1 radical (unpaired) electrons. The van der Waals surface area contributed by atoms with Crippen LogP contribution in [0.2, 0.25) is 0 Å². The zero-order chi connectivity index (χ0) is 14.0. The summed E-state index contributed by atoms with van der Waals surface area (Å²) in [6.07, 6.45) is 3.02. The normalized spacial score (nSPS) is 7.62. The summed E-state index contributed by atoms with van der Waals surface area (Å²) in [5.74, 6) is -3.34. The van der Waals surface area contributed by atoms with Crippen LogP contribution in [0.25, 0.3) is 0 Å². The van der Waals surface area contributed by atoms with Crippen molar-refractivity contribution in [1.82, 2.24) is 4.98 Å². The summed E-state index contributed by atoms with van der Waals surface area (Å²) in [7, 11) is 0. The second kappa shape index (κ2) is 16.0. The van der Waals surface area contributed by atoms with E-state index in [4.69, 9.17) is 5.73 Å². The van der Waals surface area contributed by atoms with Gasteiger partial charge in [0.2, 0.25) is 5.91 Å². The van der Waals surface area contributed by atoms with E-state index in [0.29, 0.717) is 5.56 Å². The number of aliphatic carboxylic acids is 2. The van der Waals surface area contributed by atoms with Crippen LogP contribution in [0, 0.1) is 0 Å². The second-order valence-electron chi connectivity index (χ2n) is 2.84. The first kappa shape index (κ1) is 27.3. The maximum atomic E-state index is 10.4. The van der Waals surface area contributed by atoms with E-state index < -0.39 is 31.1 Å². The summed E-state index contributed by atoms with van der Waals surface area (Å²) in [5, 5.41) is 19.1. The number of aromatic nitrogens is 1. The summed E-state index contributed by atoms with van der Waals surface area (Å²) in [6.45, 7) is -1.43. The Hall–Kier alpha value is -2.04. The minimum absolute atomic E-state index is 0. The number of ether oxygens (including phenoxy) is 1. The number of carbonyl (C=O) groups is 3. The number of hydrogen-bond acceptors (Lipinski definition) is 7. The summed E-state index contributed by atoms with van der Waals surface area (Å²) >= 11 is 0. The molecule has 10 nitrogen and oxygen atoms in total.